The smallest absolute Gasteiger partial charge is 0.208 e. The summed E-state index contributed by atoms with van der Waals surface area (Å²) in [6.07, 6.45) is 0.443. The number of ether oxygens (including phenoxy) is 1. The van der Waals surface area contributed by atoms with Crippen molar-refractivity contribution in [1.29, 1.82) is 0 Å². The third-order valence-electron chi connectivity index (χ3n) is 2.23. The third-order valence-corrected chi connectivity index (χ3v) is 2.23. The lowest BCUT2D eigenvalue weighted by atomic mass is 10.2. The van der Waals surface area contributed by atoms with Crippen LogP contribution in [0.5, 0.6) is 0 Å². The van der Waals surface area contributed by atoms with Crippen LogP contribution in [0.4, 0.5) is 0 Å². The van der Waals surface area contributed by atoms with Crippen molar-refractivity contribution in [3.63, 3.8) is 0 Å². The number of aliphatic imine (C=N–C) groups is 1. The Labute approximate surface area is 91.6 Å². The molecule has 0 bridgehead atoms. The van der Waals surface area contributed by atoms with Crippen molar-refractivity contribution in [2.24, 2.45) is 10.8 Å². The zero-order valence-electron chi connectivity index (χ0n) is 10.0. The van der Waals surface area contributed by atoms with Gasteiger partial charge in [-0.05, 0) is 27.7 Å². The van der Waals surface area contributed by atoms with Crippen LogP contribution in [0.1, 0.15) is 27.7 Å². The first-order chi connectivity index (χ1) is 7.02. The number of nitrogens with two attached hydrogens (primary N) is 1. The molecule has 3 N–H and O–H groups in total. The Morgan fingerprint density at radius 2 is 1.93 bits per heavy atom. The molecule has 5 heteroatoms. The minimum Gasteiger partial charge on any atom is -0.372 e. The van der Waals surface area contributed by atoms with E-state index in [1.807, 2.05) is 13.8 Å². The Morgan fingerprint density at radius 3 is 2.33 bits per heavy atom. The molecule has 15 heavy (non-hydrogen) atoms. The van der Waals surface area contributed by atoms with Gasteiger partial charge in [-0.25, -0.2) is 10.8 Å². The Kier molecular flexibility index (Phi) is 4.35. The molecule has 0 radical (unpaired) electrons. The van der Waals surface area contributed by atoms with E-state index in [1.165, 1.54) is 0 Å². The van der Waals surface area contributed by atoms with E-state index in [2.05, 4.69) is 29.2 Å². The second kappa shape index (κ2) is 5.32. The molecule has 2 unspecified atom stereocenters. The number of nitrogens with one attached hydrogen (secondary N) is 1. The standard InChI is InChI=1S/C10H22N4O/c1-7(2)12-10(13-11)14-5-8(3)15-9(4)6-14/h7-9H,5-6,11H2,1-4H3,(H,12,13). The molecule has 0 amide bonds. The summed E-state index contributed by atoms with van der Waals surface area (Å²) in [4.78, 5) is 6.58. The first-order valence-corrected chi connectivity index (χ1v) is 5.47. The van der Waals surface area contributed by atoms with Crippen LogP contribution < -0.4 is 11.3 Å². The van der Waals surface area contributed by atoms with Gasteiger partial charge in [-0.3, -0.25) is 5.43 Å². The predicted molar refractivity (Wildman–Crippen MR) is 61.5 cm³/mol. The Morgan fingerprint density at radius 1 is 1.40 bits per heavy atom. The summed E-state index contributed by atoms with van der Waals surface area (Å²) in [5.41, 5.74) is 2.66. The summed E-state index contributed by atoms with van der Waals surface area (Å²) in [6.45, 7) is 9.85. The first kappa shape index (κ1) is 12.3. The SMILES string of the molecule is CC(C)N=C(NN)N1CC(C)OC(C)C1. The Balaban J connectivity index is 2.67. The van der Waals surface area contributed by atoms with Gasteiger partial charge < -0.3 is 9.64 Å². The van der Waals surface area contributed by atoms with E-state index in [-0.39, 0.29) is 18.2 Å². The molecule has 0 aromatic rings. The van der Waals surface area contributed by atoms with E-state index in [0.29, 0.717) is 0 Å². The molecular weight excluding hydrogens is 192 g/mol. The number of hydrazine groups is 1. The lowest BCUT2D eigenvalue weighted by molar-refractivity contribution is -0.0490. The number of rotatable bonds is 1. The minimum atomic E-state index is 0.222. The van der Waals surface area contributed by atoms with Crippen molar-refractivity contribution >= 4 is 5.96 Å². The second-order valence-corrected chi connectivity index (χ2v) is 4.35. The summed E-state index contributed by atoms with van der Waals surface area (Å²) in [5.74, 6) is 6.24. The maximum atomic E-state index is 5.65. The summed E-state index contributed by atoms with van der Waals surface area (Å²) < 4.78 is 5.65. The van der Waals surface area contributed by atoms with E-state index >= 15 is 0 Å². The van der Waals surface area contributed by atoms with E-state index in [0.717, 1.165) is 19.0 Å². The van der Waals surface area contributed by atoms with Gasteiger partial charge in [0.15, 0.2) is 0 Å². The summed E-state index contributed by atoms with van der Waals surface area (Å²) in [7, 11) is 0. The molecule has 0 aromatic carbocycles. The minimum absolute atomic E-state index is 0.222. The molecule has 0 saturated carbocycles. The van der Waals surface area contributed by atoms with E-state index < -0.39 is 0 Å². The maximum Gasteiger partial charge on any atom is 0.208 e. The fourth-order valence-electron chi connectivity index (χ4n) is 1.81. The zero-order valence-corrected chi connectivity index (χ0v) is 10.0. The van der Waals surface area contributed by atoms with Crippen LogP contribution in [0.25, 0.3) is 0 Å². The fourth-order valence-corrected chi connectivity index (χ4v) is 1.81. The van der Waals surface area contributed by atoms with Crippen LogP contribution in [-0.2, 0) is 4.74 Å². The van der Waals surface area contributed by atoms with E-state index in [4.69, 9.17) is 10.6 Å². The van der Waals surface area contributed by atoms with Gasteiger partial charge in [-0.1, -0.05) is 0 Å². The molecule has 1 saturated heterocycles. The largest absolute Gasteiger partial charge is 0.372 e. The van der Waals surface area contributed by atoms with E-state index in [9.17, 15) is 0 Å². The molecule has 1 fully saturated rings. The summed E-state index contributed by atoms with van der Waals surface area (Å²) >= 11 is 0. The molecule has 5 nitrogen and oxygen atoms in total. The van der Waals surface area contributed by atoms with Gasteiger partial charge in [0.1, 0.15) is 0 Å². The average Bonchev–Trinajstić information content (AvgIpc) is 2.12. The summed E-state index contributed by atoms with van der Waals surface area (Å²) in [5, 5.41) is 0. The number of nitrogens with zero attached hydrogens (tertiary/aromatic N) is 2. The highest BCUT2D eigenvalue weighted by Crippen LogP contribution is 2.10. The second-order valence-electron chi connectivity index (χ2n) is 4.35. The lowest BCUT2D eigenvalue weighted by Crippen LogP contribution is -2.54. The average molecular weight is 214 g/mol. The monoisotopic (exact) mass is 214 g/mol. The van der Waals surface area contributed by atoms with Gasteiger partial charge in [-0.2, -0.15) is 0 Å². The van der Waals surface area contributed by atoms with Crippen LogP contribution in [0.2, 0.25) is 0 Å². The zero-order chi connectivity index (χ0) is 11.4. The fraction of sp³-hybridized carbons (Fsp3) is 0.900. The molecule has 0 aromatic heterocycles. The first-order valence-electron chi connectivity index (χ1n) is 5.47. The van der Waals surface area contributed by atoms with Crippen molar-refractivity contribution < 1.29 is 4.74 Å². The number of morpholine rings is 1. The van der Waals surface area contributed by atoms with E-state index in [1.54, 1.807) is 0 Å². The van der Waals surface area contributed by atoms with Crippen LogP contribution in [-0.4, -0.2) is 42.2 Å². The van der Waals surface area contributed by atoms with Crippen LogP contribution in [0.15, 0.2) is 4.99 Å². The highest BCUT2D eigenvalue weighted by atomic mass is 16.5. The molecular formula is C10H22N4O. The molecule has 1 aliphatic rings. The highest BCUT2D eigenvalue weighted by molar-refractivity contribution is 5.79. The number of hydrogen-bond donors (Lipinski definition) is 2. The van der Waals surface area contributed by atoms with Crippen LogP contribution in [0, 0.1) is 0 Å². The number of hydrogen-bond acceptors (Lipinski definition) is 3. The third kappa shape index (κ3) is 3.68. The molecule has 1 heterocycles. The molecule has 2 atom stereocenters. The van der Waals surface area contributed by atoms with Gasteiger partial charge in [0.05, 0.1) is 12.2 Å². The van der Waals surface area contributed by atoms with Gasteiger partial charge >= 0.3 is 0 Å². The highest BCUT2D eigenvalue weighted by Gasteiger charge is 2.24. The van der Waals surface area contributed by atoms with Gasteiger partial charge in [-0.15, -0.1) is 0 Å². The normalized spacial score (nSPS) is 28.4. The molecule has 0 spiro atoms. The topological polar surface area (TPSA) is 62.9 Å². The van der Waals surface area contributed by atoms with Crippen molar-refractivity contribution in [1.82, 2.24) is 10.3 Å². The summed E-state index contributed by atoms with van der Waals surface area (Å²) in [6, 6.07) is 0.240. The van der Waals surface area contributed by atoms with Gasteiger partial charge in [0, 0.05) is 19.1 Å². The Bertz CT molecular complexity index is 219. The lowest BCUT2D eigenvalue weighted by Gasteiger charge is -2.36. The number of guanidine groups is 1. The molecule has 1 aliphatic heterocycles. The quantitative estimate of drug-likeness (QED) is 0.286. The van der Waals surface area contributed by atoms with Crippen LogP contribution >= 0.6 is 0 Å². The molecule has 0 aliphatic carbocycles. The van der Waals surface area contributed by atoms with Crippen molar-refractivity contribution in [3.8, 4) is 0 Å². The van der Waals surface area contributed by atoms with Gasteiger partial charge in [0.25, 0.3) is 0 Å². The maximum absolute atomic E-state index is 5.65. The molecule has 88 valence electrons. The van der Waals surface area contributed by atoms with Crippen molar-refractivity contribution in [2.45, 2.75) is 45.9 Å². The van der Waals surface area contributed by atoms with Crippen molar-refractivity contribution in [3.05, 3.63) is 0 Å². The predicted octanol–water partition coefficient (Wildman–Crippen LogP) is 0.323. The Hall–Kier alpha value is -0.810. The van der Waals surface area contributed by atoms with Gasteiger partial charge in [0.2, 0.25) is 5.96 Å². The van der Waals surface area contributed by atoms with Crippen LogP contribution in [0.3, 0.4) is 0 Å². The molecule has 1 rings (SSSR count). The van der Waals surface area contributed by atoms with Crippen molar-refractivity contribution in [2.75, 3.05) is 13.1 Å².